The van der Waals surface area contributed by atoms with Gasteiger partial charge in [0.1, 0.15) is 0 Å². The topological polar surface area (TPSA) is 43.9 Å². The van der Waals surface area contributed by atoms with Gasteiger partial charge in [0.2, 0.25) is 11.8 Å². The summed E-state index contributed by atoms with van der Waals surface area (Å²) < 4.78 is 0. The minimum absolute atomic E-state index is 0.105. The van der Waals surface area contributed by atoms with E-state index in [0.717, 1.165) is 24.2 Å². The lowest BCUT2D eigenvalue weighted by Gasteiger charge is -2.34. The number of carbonyl (C=O) groups excluding carboxylic acids is 2. The maximum Gasteiger partial charge on any atom is 0.236 e. The van der Waals surface area contributed by atoms with Crippen LogP contribution < -0.4 is 0 Å². The quantitative estimate of drug-likeness (QED) is 0.815. The summed E-state index contributed by atoms with van der Waals surface area (Å²) in [5.41, 5.74) is 3.37. The van der Waals surface area contributed by atoms with Gasteiger partial charge in [0, 0.05) is 40.3 Å². The van der Waals surface area contributed by atoms with Gasteiger partial charge in [0.15, 0.2) is 0 Å². The minimum atomic E-state index is 0.105. The van der Waals surface area contributed by atoms with Gasteiger partial charge in [-0.3, -0.25) is 14.5 Å². The Bertz CT molecular complexity index is 764. The zero-order valence-electron chi connectivity index (χ0n) is 16.1. The average Bonchev–Trinajstić information content (AvgIpc) is 2.69. The van der Waals surface area contributed by atoms with E-state index in [1.165, 1.54) is 5.56 Å². The van der Waals surface area contributed by atoms with Crippen LogP contribution in [0.4, 0.5) is 0 Å². The first kappa shape index (κ1) is 19.1. The first-order valence-electron chi connectivity index (χ1n) is 9.37. The Morgan fingerprint density at radius 3 is 2.04 bits per heavy atom. The van der Waals surface area contributed by atoms with Gasteiger partial charge in [0.05, 0.1) is 13.0 Å². The molecule has 1 saturated heterocycles. The predicted octanol–water partition coefficient (Wildman–Crippen LogP) is 2.13. The third kappa shape index (κ3) is 5.17. The van der Waals surface area contributed by atoms with Crippen LogP contribution in [0.5, 0.6) is 0 Å². The number of hydrogen-bond donors (Lipinski definition) is 0. The Morgan fingerprint density at radius 1 is 0.852 bits per heavy atom. The molecular formula is C22H27N3O2. The van der Waals surface area contributed by atoms with E-state index in [9.17, 15) is 9.59 Å². The summed E-state index contributed by atoms with van der Waals surface area (Å²) in [4.78, 5) is 30.0. The zero-order chi connectivity index (χ0) is 19.2. The van der Waals surface area contributed by atoms with Crippen molar-refractivity contribution in [3.8, 4) is 11.1 Å². The molecule has 0 radical (unpaired) electrons. The van der Waals surface area contributed by atoms with E-state index in [-0.39, 0.29) is 11.8 Å². The number of benzene rings is 2. The molecule has 1 aliphatic heterocycles. The van der Waals surface area contributed by atoms with Gasteiger partial charge in [-0.25, -0.2) is 0 Å². The summed E-state index contributed by atoms with van der Waals surface area (Å²) in [6, 6.07) is 18.4. The summed E-state index contributed by atoms with van der Waals surface area (Å²) in [5, 5.41) is 0. The van der Waals surface area contributed by atoms with Crippen molar-refractivity contribution >= 4 is 11.8 Å². The molecule has 0 aromatic heterocycles. The number of rotatable bonds is 5. The molecule has 3 rings (SSSR count). The normalized spacial score (nSPS) is 14.8. The summed E-state index contributed by atoms with van der Waals surface area (Å²) in [7, 11) is 3.54. The molecule has 0 spiro atoms. The molecule has 5 nitrogen and oxygen atoms in total. The monoisotopic (exact) mass is 365 g/mol. The van der Waals surface area contributed by atoms with Crippen LogP contribution in [0.1, 0.15) is 5.56 Å². The first-order valence-corrected chi connectivity index (χ1v) is 9.37. The highest BCUT2D eigenvalue weighted by Gasteiger charge is 2.22. The summed E-state index contributed by atoms with van der Waals surface area (Å²) in [6.07, 6.45) is 0.422. The Hall–Kier alpha value is -2.66. The molecule has 0 aliphatic carbocycles. The van der Waals surface area contributed by atoms with Crippen LogP contribution in [0.2, 0.25) is 0 Å². The highest BCUT2D eigenvalue weighted by molar-refractivity contribution is 5.79. The predicted molar refractivity (Wildman–Crippen MR) is 107 cm³/mol. The number of piperazine rings is 1. The van der Waals surface area contributed by atoms with Crippen LogP contribution >= 0.6 is 0 Å². The molecule has 0 saturated carbocycles. The van der Waals surface area contributed by atoms with Gasteiger partial charge in [-0.2, -0.15) is 0 Å². The van der Waals surface area contributed by atoms with Gasteiger partial charge >= 0.3 is 0 Å². The first-order chi connectivity index (χ1) is 13.0. The standard InChI is InChI=1S/C22H27N3O2/c1-23(2)22(27)17-24-12-14-25(15-13-24)21(26)16-18-8-10-20(11-9-18)19-6-4-3-5-7-19/h3-11H,12-17H2,1-2H3. The molecule has 1 aliphatic rings. The van der Waals surface area contributed by atoms with E-state index in [1.54, 1.807) is 19.0 Å². The van der Waals surface area contributed by atoms with Crippen LogP contribution in [-0.2, 0) is 16.0 Å². The van der Waals surface area contributed by atoms with Crippen LogP contribution in [0.15, 0.2) is 54.6 Å². The highest BCUT2D eigenvalue weighted by Crippen LogP contribution is 2.19. The number of amides is 2. The second-order valence-corrected chi connectivity index (χ2v) is 7.18. The van der Waals surface area contributed by atoms with Gasteiger partial charge in [-0.05, 0) is 16.7 Å². The minimum Gasteiger partial charge on any atom is -0.348 e. The van der Waals surface area contributed by atoms with Crippen molar-refractivity contribution < 1.29 is 9.59 Å². The molecule has 142 valence electrons. The van der Waals surface area contributed by atoms with E-state index in [0.29, 0.717) is 26.1 Å². The van der Waals surface area contributed by atoms with Crippen molar-refractivity contribution in [2.24, 2.45) is 0 Å². The molecule has 0 unspecified atom stereocenters. The van der Waals surface area contributed by atoms with E-state index < -0.39 is 0 Å². The van der Waals surface area contributed by atoms with E-state index >= 15 is 0 Å². The van der Waals surface area contributed by atoms with Gasteiger partial charge in [0.25, 0.3) is 0 Å². The maximum absolute atomic E-state index is 12.6. The van der Waals surface area contributed by atoms with Crippen molar-refractivity contribution in [1.82, 2.24) is 14.7 Å². The molecule has 0 atom stereocenters. The van der Waals surface area contributed by atoms with E-state index in [1.807, 2.05) is 35.2 Å². The van der Waals surface area contributed by atoms with Crippen LogP contribution in [-0.4, -0.2) is 73.3 Å². The summed E-state index contributed by atoms with van der Waals surface area (Å²) in [6.45, 7) is 3.29. The Kier molecular flexibility index (Phi) is 6.24. The van der Waals surface area contributed by atoms with Crippen LogP contribution in [0.25, 0.3) is 11.1 Å². The van der Waals surface area contributed by atoms with Gasteiger partial charge < -0.3 is 9.80 Å². The van der Waals surface area contributed by atoms with Crippen molar-refractivity contribution in [2.75, 3.05) is 46.8 Å². The van der Waals surface area contributed by atoms with Gasteiger partial charge in [-0.1, -0.05) is 54.6 Å². The largest absolute Gasteiger partial charge is 0.348 e. The molecule has 1 heterocycles. The van der Waals surface area contributed by atoms with Crippen molar-refractivity contribution in [3.63, 3.8) is 0 Å². The molecule has 2 aromatic carbocycles. The second-order valence-electron chi connectivity index (χ2n) is 7.18. The fraction of sp³-hybridized carbons (Fsp3) is 0.364. The van der Waals surface area contributed by atoms with Crippen molar-refractivity contribution in [2.45, 2.75) is 6.42 Å². The summed E-state index contributed by atoms with van der Waals surface area (Å²) >= 11 is 0. The van der Waals surface area contributed by atoms with Crippen molar-refractivity contribution in [3.05, 3.63) is 60.2 Å². The lowest BCUT2D eigenvalue weighted by atomic mass is 10.0. The molecule has 27 heavy (non-hydrogen) atoms. The summed E-state index contributed by atoms with van der Waals surface area (Å²) in [5.74, 6) is 0.259. The Morgan fingerprint density at radius 2 is 1.44 bits per heavy atom. The number of nitrogens with zero attached hydrogens (tertiary/aromatic N) is 3. The third-order valence-electron chi connectivity index (χ3n) is 5.00. The molecule has 2 amide bonds. The molecule has 1 fully saturated rings. The van der Waals surface area contributed by atoms with E-state index in [2.05, 4.69) is 29.2 Å². The third-order valence-corrected chi connectivity index (χ3v) is 5.00. The van der Waals surface area contributed by atoms with Crippen LogP contribution in [0.3, 0.4) is 0 Å². The van der Waals surface area contributed by atoms with E-state index in [4.69, 9.17) is 0 Å². The molecule has 2 aromatic rings. The molecule has 5 heteroatoms. The second kappa shape index (κ2) is 8.82. The van der Waals surface area contributed by atoms with Gasteiger partial charge in [-0.15, -0.1) is 0 Å². The average molecular weight is 365 g/mol. The van der Waals surface area contributed by atoms with Crippen LogP contribution in [0, 0.1) is 0 Å². The zero-order valence-corrected chi connectivity index (χ0v) is 16.1. The maximum atomic E-state index is 12.6. The lowest BCUT2D eigenvalue weighted by molar-refractivity contribution is -0.133. The fourth-order valence-electron chi connectivity index (χ4n) is 3.22. The Balaban J connectivity index is 1.50. The highest BCUT2D eigenvalue weighted by atomic mass is 16.2. The molecular weight excluding hydrogens is 338 g/mol. The SMILES string of the molecule is CN(C)C(=O)CN1CCN(C(=O)Cc2ccc(-c3ccccc3)cc2)CC1. The lowest BCUT2D eigenvalue weighted by Crippen LogP contribution is -2.51. The smallest absolute Gasteiger partial charge is 0.236 e. The Labute approximate surface area is 161 Å². The van der Waals surface area contributed by atoms with Crippen molar-refractivity contribution in [1.29, 1.82) is 0 Å². The number of hydrogen-bond acceptors (Lipinski definition) is 3. The molecule has 0 N–H and O–H groups in total. The number of likely N-dealkylation sites (N-methyl/N-ethyl adjacent to an activating group) is 1. The number of carbonyl (C=O) groups is 2. The fourth-order valence-corrected chi connectivity index (χ4v) is 3.22. The molecule has 0 bridgehead atoms.